The summed E-state index contributed by atoms with van der Waals surface area (Å²) >= 11 is 12.3. The number of hydrogen-bond donors (Lipinski definition) is 2. The monoisotopic (exact) mass is 331 g/mol. The molecule has 3 N–H and O–H groups in total. The van der Waals surface area contributed by atoms with Gasteiger partial charge in [-0.1, -0.05) is 43.1 Å². The maximum atomic E-state index is 12.1. The lowest BCUT2D eigenvalue weighted by molar-refractivity contribution is -0.117. The van der Waals surface area contributed by atoms with Gasteiger partial charge in [-0.2, -0.15) is 0 Å². The van der Waals surface area contributed by atoms with Gasteiger partial charge < -0.3 is 11.1 Å². The number of nitrogens with zero attached hydrogens (tertiary/aromatic N) is 1. The second kappa shape index (κ2) is 7.45. The Balaban J connectivity index is 2.69. The summed E-state index contributed by atoms with van der Waals surface area (Å²) in [4.78, 5) is 14.0. The number of nitrogens with one attached hydrogen (secondary N) is 1. The summed E-state index contributed by atoms with van der Waals surface area (Å²) in [6, 6.07) is 3.54. The zero-order valence-corrected chi connectivity index (χ0v) is 14.5. The summed E-state index contributed by atoms with van der Waals surface area (Å²) in [6.07, 6.45) is 0. The summed E-state index contributed by atoms with van der Waals surface area (Å²) in [7, 11) is 1.89. The number of nitrogens with two attached hydrogens (primary N) is 1. The Hall–Kier alpha value is -0.810. The molecule has 1 rings (SSSR count). The second-order valence-corrected chi connectivity index (χ2v) is 6.93. The maximum absolute atomic E-state index is 12.1. The lowest BCUT2D eigenvalue weighted by Gasteiger charge is -2.28. The summed E-state index contributed by atoms with van der Waals surface area (Å²) < 4.78 is 0. The fraction of sp³-hybridized carbons (Fsp3) is 0.533. The van der Waals surface area contributed by atoms with Gasteiger partial charge in [0.25, 0.3) is 0 Å². The average Bonchev–Trinajstić information content (AvgIpc) is 2.38. The number of likely N-dealkylation sites (N-methyl/N-ethyl adjacent to an activating group) is 1. The van der Waals surface area contributed by atoms with Crippen molar-refractivity contribution in [2.45, 2.75) is 20.8 Å². The van der Waals surface area contributed by atoms with Crippen molar-refractivity contribution in [1.29, 1.82) is 0 Å². The molecule has 118 valence electrons. The van der Waals surface area contributed by atoms with E-state index in [1.807, 2.05) is 24.9 Å². The average molecular weight is 332 g/mol. The Morgan fingerprint density at radius 1 is 1.38 bits per heavy atom. The molecule has 0 radical (unpaired) electrons. The molecule has 0 aromatic heterocycles. The van der Waals surface area contributed by atoms with E-state index in [0.717, 1.165) is 12.1 Å². The molecule has 0 saturated carbocycles. The topological polar surface area (TPSA) is 58.4 Å². The van der Waals surface area contributed by atoms with E-state index in [4.69, 9.17) is 28.9 Å². The van der Waals surface area contributed by atoms with Gasteiger partial charge in [-0.05, 0) is 37.6 Å². The van der Waals surface area contributed by atoms with Crippen molar-refractivity contribution in [3.63, 3.8) is 0 Å². The van der Waals surface area contributed by atoms with E-state index in [9.17, 15) is 4.79 Å². The van der Waals surface area contributed by atoms with Crippen molar-refractivity contribution in [3.8, 4) is 0 Å². The first-order valence-corrected chi connectivity index (χ1v) is 7.55. The highest BCUT2D eigenvalue weighted by atomic mass is 35.5. The first-order chi connectivity index (χ1) is 9.66. The molecule has 0 aliphatic heterocycles. The van der Waals surface area contributed by atoms with Gasteiger partial charge in [0, 0.05) is 6.54 Å². The van der Waals surface area contributed by atoms with Crippen LogP contribution in [0.5, 0.6) is 0 Å². The van der Waals surface area contributed by atoms with E-state index in [0.29, 0.717) is 22.3 Å². The van der Waals surface area contributed by atoms with Crippen LogP contribution in [0.25, 0.3) is 0 Å². The largest absolute Gasteiger partial charge is 0.330 e. The number of hydrogen-bond acceptors (Lipinski definition) is 3. The normalized spacial score (nSPS) is 11.8. The Bertz CT molecular complexity index is 518. The minimum Gasteiger partial charge on any atom is -0.330 e. The molecule has 0 aliphatic carbocycles. The molecular weight excluding hydrogens is 309 g/mol. The molecule has 0 heterocycles. The third-order valence-corrected chi connectivity index (χ3v) is 4.01. The number of carbonyl (C=O) groups excluding carboxylic acids is 1. The van der Waals surface area contributed by atoms with Crippen molar-refractivity contribution in [2.75, 3.05) is 32.0 Å². The van der Waals surface area contributed by atoms with Gasteiger partial charge in [0.15, 0.2) is 0 Å². The molecule has 0 unspecified atom stereocenters. The standard InChI is InChI=1S/C15H23Cl2N3O/c1-10-5-6-11(16)14(13(10)17)19-12(21)7-20(4)9-15(2,3)8-18/h5-6H,7-9,18H2,1-4H3,(H,19,21). The van der Waals surface area contributed by atoms with Gasteiger partial charge in [-0.25, -0.2) is 0 Å². The Labute approximate surface area is 136 Å². The SMILES string of the molecule is Cc1ccc(Cl)c(NC(=O)CN(C)CC(C)(C)CN)c1Cl. The quantitative estimate of drug-likeness (QED) is 0.841. The van der Waals surface area contributed by atoms with Crippen LogP contribution in [0, 0.1) is 12.3 Å². The summed E-state index contributed by atoms with van der Waals surface area (Å²) in [5.74, 6) is -0.153. The van der Waals surface area contributed by atoms with E-state index in [2.05, 4.69) is 19.2 Å². The molecule has 21 heavy (non-hydrogen) atoms. The zero-order chi connectivity index (χ0) is 16.2. The third-order valence-electron chi connectivity index (χ3n) is 3.21. The van der Waals surface area contributed by atoms with Crippen molar-refractivity contribution in [3.05, 3.63) is 27.7 Å². The molecule has 1 aromatic carbocycles. The molecule has 6 heteroatoms. The van der Waals surface area contributed by atoms with E-state index < -0.39 is 0 Å². The Morgan fingerprint density at radius 3 is 2.57 bits per heavy atom. The highest BCUT2D eigenvalue weighted by Gasteiger charge is 2.20. The number of rotatable bonds is 6. The van der Waals surface area contributed by atoms with Gasteiger partial charge >= 0.3 is 0 Å². The molecule has 0 atom stereocenters. The summed E-state index contributed by atoms with van der Waals surface area (Å²) in [6.45, 7) is 7.54. The zero-order valence-electron chi connectivity index (χ0n) is 13.0. The van der Waals surface area contributed by atoms with Gasteiger partial charge in [0.2, 0.25) is 5.91 Å². The van der Waals surface area contributed by atoms with Crippen LogP contribution in [0.3, 0.4) is 0 Å². The van der Waals surface area contributed by atoms with Gasteiger partial charge in [-0.3, -0.25) is 9.69 Å². The van der Waals surface area contributed by atoms with Crippen molar-refractivity contribution in [2.24, 2.45) is 11.1 Å². The lowest BCUT2D eigenvalue weighted by Crippen LogP contribution is -2.40. The number of amides is 1. The Morgan fingerprint density at radius 2 is 2.00 bits per heavy atom. The smallest absolute Gasteiger partial charge is 0.238 e. The van der Waals surface area contributed by atoms with Crippen LogP contribution in [0.2, 0.25) is 10.0 Å². The molecule has 0 aliphatic rings. The van der Waals surface area contributed by atoms with Gasteiger partial charge in [0.05, 0.1) is 22.3 Å². The molecule has 0 bridgehead atoms. The fourth-order valence-electron chi connectivity index (χ4n) is 2.05. The van der Waals surface area contributed by atoms with Gasteiger partial charge in [-0.15, -0.1) is 0 Å². The van der Waals surface area contributed by atoms with Crippen LogP contribution in [-0.2, 0) is 4.79 Å². The minimum atomic E-state index is -0.153. The summed E-state index contributed by atoms with van der Waals surface area (Å²) in [5, 5.41) is 3.69. The predicted octanol–water partition coefficient (Wildman–Crippen LogP) is 3.16. The first kappa shape index (κ1) is 18.2. The molecule has 0 fully saturated rings. The van der Waals surface area contributed by atoms with Crippen LogP contribution in [0.15, 0.2) is 12.1 Å². The number of benzene rings is 1. The highest BCUT2D eigenvalue weighted by Crippen LogP contribution is 2.32. The van der Waals surface area contributed by atoms with Crippen molar-refractivity contribution in [1.82, 2.24) is 4.90 Å². The maximum Gasteiger partial charge on any atom is 0.238 e. The molecule has 1 amide bonds. The fourth-order valence-corrected chi connectivity index (χ4v) is 2.51. The second-order valence-electron chi connectivity index (χ2n) is 6.14. The van der Waals surface area contributed by atoms with E-state index in [1.165, 1.54) is 0 Å². The van der Waals surface area contributed by atoms with Gasteiger partial charge in [0.1, 0.15) is 0 Å². The lowest BCUT2D eigenvalue weighted by atomic mass is 9.93. The van der Waals surface area contributed by atoms with Crippen LogP contribution < -0.4 is 11.1 Å². The van der Waals surface area contributed by atoms with Crippen molar-refractivity contribution >= 4 is 34.8 Å². The molecule has 4 nitrogen and oxygen atoms in total. The van der Waals surface area contributed by atoms with Crippen LogP contribution in [-0.4, -0.2) is 37.5 Å². The minimum absolute atomic E-state index is 0.0341. The molecular formula is C15H23Cl2N3O. The van der Waals surface area contributed by atoms with E-state index in [1.54, 1.807) is 6.07 Å². The van der Waals surface area contributed by atoms with Crippen LogP contribution in [0.1, 0.15) is 19.4 Å². The van der Waals surface area contributed by atoms with Crippen LogP contribution in [0.4, 0.5) is 5.69 Å². The number of aryl methyl sites for hydroxylation is 1. The Kier molecular flexibility index (Phi) is 6.47. The molecule has 0 saturated heterocycles. The van der Waals surface area contributed by atoms with Crippen LogP contribution >= 0.6 is 23.2 Å². The summed E-state index contributed by atoms with van der Waals surface area (Å²) in [5.41, 5.74) is 7.01. The first-order valence-electron chi connectivity index (χ1n) is 6.79. The van der Waals surface area contributed by atoms with Crippen molar-refractivity contribution < 1.29 is 4.79 Å². The third kappa shape index (κ3) is 5.47. The highest BCUT2D eigenvalue weighted by molar-refractivity contribution is 6.40. The van der Waals surface area contributed by atoms with E-state index >= 15 is 0 Å². The molecule has 1 aromatic rings. The van der Waals surface area contributed by atoms with E-state index in [-0.39, 0.29) is 17.9 Å². The number of anilines is 1. The number of carbonyl (C=O) groups is 1. The molecule has 0 spiro atoms. The predicted molar refractivity (Wildman–Crippen MR) is 90.2 cm³/mol. The number of halogens is 2.